The minimum atomic E-state index is -3.71. The predicted octanol–water partition coefficient (Wildman–Crippen LogP) is 2.28. The molecule has 2 aromatic rings. The third-order valence-electron chi connectivity index (χ3n) is 6.48. The molecule has 2 aliphatic rings. The number of methoxy groups -OCH3 is 2. The summed E-state index contributed by atoms with van der Waals surface area (Å²) in [4.78, 5) is 12.8. The Morgan fingerprint density at radius 3 is 2.32 bits per heavy atom. The van der Waals surface area contributed by atoms with E-state index in [0.29, 0.717) is 31.7 Å². The maximum atomic E-state index is 13.3. The molecule has 0 radical (unpaired) electrons. The average Bonchev–Trinajstić information content (AvgIpc) is 3.41. The van der Waals surface area contributed by atoms with Gasteiger partial charge in [0.2, 0.25) is 10.0 Å². The number of ether oxygens (including phenoxy) is 2. The Bertz CT molecular complexity index is 1090. The summed E-state index contributed by atoms with van der Waals surface area (Å²) in [5.41, 5.74) is -0.0695. The largest absolute Gasteiger partial charge is 0.497 e. The van der Waals surface area contributed by atoms with Gasteiger partial charge in [-0.25, -0.2) is 17.9 Å². The first kappa shape index (κ1) is 21.9. The summed E-state index contributed by atoms with van der Waals surface area (Å²) < 4.78 is 41.8. The van der Waals surface area contributed by atoms with E-state index in [-0.39, 0.29) is 28.3 Å². The van der Waals surface area contributed by atoms with Crippen LogP contribution in [0.2, 0.25) is 0 Å². The summed E-state index contributed by atoms with van der Waals surface area (Å²) in [7, 11) is 0.954. The number of sulfonamides is 1. The molecule has 0 bridgehead atoms. The molecule has 2 heterocycles. The number of aromatic nitrogens is 3. The van der Waals surface area contributed by atoms with E-state index in [4.69, 9.17) is 9.47 Å². The van der Waals surface area contributed by atoms with Gasteiger partial charge < -0.3 is 9.47 Å². The summed E-state index contributed by atoms with van der Waals surface area (Å²) in [6.07, 6.45) is 5.52. The Morgan fingerprint density at radius 1 is 1.03 bits per heavy atom. The Balaban J connectivity index is 1.54. The lowest BCUT2D eigenvalue weighted by molar-refractivity contribution is 0.302. The fourth-order valence-electron chi connectivity index (χ4n) is 4.76. The third-order valence-corrected chi connectivity index (χ3v) is 8.42. The molecular formula is C21H30N4O5S. The molecule has 0 spiro atoms. The number of hydrogen-bond acceptors (Lipinski definition) is 6. The van der Waals surface area contributed by atoms with Gasteiger partial charge in [-0.15, -0.1) is 0 Å². The molecule has 31 heavy (non-hydrogen) atoms. The molecule has 0 N–H and O–H groups in total. The summed E-state index contributed by atoms with van der Waals surface area (Å²) in [5.74, 6) is 1.67. The van der Waals surface area contributed by atoms with Crippen LogP contribution in [0.4, 0.5) is 0 Å². The minimum Gasteiger partial charge on any atom is -0.497 e. The van der Waals surface area contributed by atoms with Gasteiger partial charge in [-0.3, -0.25) is 4.57 Å². The van der Waals surface area contributed by atoms with Crippen molar-refractivity contribution in [1.29, 1.82) is 0 Å². The Labute approximate surface area is 182 Å². The fourth-order valence-corrected chi connectivity index (χ4v) is 6.37. The molecule has 0 amide bonds. The second-order valence-electron chi connectivity index (χ2n) is 8.27. The first-order chi connectivity index (χ1) is 14.9. The average molecular weight is 451 g/mol. The van der Waals surface area contributed by atoms with Crippen molar-refractivity contribution in [3.8, 4) is 11.5 Å². The van der Waals surface area contributed by atoms with Crippen molar-refractivity contribution in [2.45, 2.75) is 55.4 Å². The predicted molar refractivity (Wildman–Crippen MR) is 115 cm³/mol. The Hall–Kier alpha value is -2.33. The summed E-state index contributed by atoms with van der Waals surface area (Å²) in [6, 6.07) is 4.93. The monoisotopic (exact) mass is 450 g/mol. The van der Waals surface area contributed by atoms with Crippen molar-refractivity contribution in [3.63, 3.8) is 0 Å². The number of nitrogens with zero attached hydrogens (tertiary/aromatic N) is 4. The lowest BCUT2D eigenvalue weighted by Crippen LogP contribution is -2.39. The summed E-state index contributed by atoms with van der Waals surface area (Å²) >= 11 is 0. The van der Waals surface area contributed by atoms with Gasteiger partial charge in [0.15, 0.2) is 0 Å². The third kappa shape index (κ3) is 3.98. The van der Waals surface area contributed by atoms with E-state index in [0.717, 1.165) is 31.5 Å². The standard InChI is InChI=1S/C21H30N4O5S/c1-23-21(26)25(16-6-4-5-7-16)20(22-23)15-10-12-24(13-11-15)31(27,28)19-9-8-17(29-2)14-18(19)30-3/h8-9,14-16H,4-7,10-13H2,1-3H3. The van der Waals surface area contributed by atoms with Crippen LogP contribution in [-0.4, -0.2) is 54.4 Å². The molecule has 0 unspecified atom stereocenters. The van der Waals surface area contributed by atoms with Crippen LogP contribution in [0.5, 0.6) is 11.5 Å². The van der Waals surface area contributed by atoms with Crippen molar-refractivity contribution < 1.29 is 17.9 Å². The molecule has 2 fully saturated rings. The SMILES string of the molecule is COc1ccc(S(=O)(=O)N2CCC(c3nn(C)c(=O)n3C3CCCC3)CC2)c(OC)c1. The molecular weight excluding hydrogens is 420 g/mol. The van der Waals surface area contributed by atoms with E-state index < -0.39 is 10.0 Å². The number of rotatable bonds is 6. The van der Waals surface area contributed by atoms with Crippen LogP contribution in [0.15, 0.2) is 27.9 Å². The molecule has 1 saturated heterocycles. The van der Waals surface area contributed by atoms with Crippen molar-refractivity contribution in [2.75, 3.05) is 27.3 Å². The topological polar surface area (TPSA) is 95.7 Å². The quantitative estimate of drug-likeness (QED) is 0.670. The second-order valence-corrected chi connectivity index (χ2v) is 10.2. The molecule has 1 aromatic heterocycles. The Kier molecular flexibility index (Phi) is 6.11. The van der Waals surface area contributed by atoms with Crippen LogP contribution in [0.1, 0.15) is 56.3 Å². The maximum absolute atomic E-state index is 13.3. The van der Waals surface area contributed by atoms with Crippen LogP contribution in [0, 0.1) is 0 Å². The minimum absolute atomic E-state index is 0.0683. The van der Waals surface area contributed by atoms with Crippen LogP contribution in [0.3, 0.4) is 0 Å². The van der Waals surface area contributed by atoms with Crippen LogP contribution in [-0.2, 0) is 17.1 Å². The normalized spacial score (nSPS) is 19.1. The van der Waals surface area contributed by atoms with E-state index in [9.17, 15) is 13.2 Å². The van der Waals surface area contributed by atoms with Gasteiger partial charge in [0, 0.05) is 38.2 Å². The van der Waals surface area contributed by atoms with Crippen LogP contribution in [0.25, 0.3) is 0 Å². The highest BCUT2D eigenvalue weighted by atomic mass is 32.2. The van der Waals surface area contributed by atoms with Gasteiger partial charge in [-0.1, -0.05) is 12.8 Å². The van der Waals surface area contributed by atoms with Gasteiger partial charge in [0.05, 0.1) is 14.2 Å². The number of aryl methyl sites for hydroxylation is 1. The molecule has 10 heteroatoms. The number of piperidine rings is 1. The molecule has 170 valence electrons. The zero-order chi connectivity index (χ0) is 22.2. The van der Waals surface area contributed by atoms with E-state index in [1.807, 2.05) is 4.57 Å². The highest BCUT2D eigenvalue weighted by Gasteiger charge is 2.35. The lowest BCUT2D eigenvalue weighted by Gasteiger charge is -2.31. The molecule has 0 atom stereocenters. The molecule has 9 nitrogen and oxygen atoms in total. The van der Waals surface area contributed by atoms with Crippen molar-refractivity contribution in [2.24, 2.45) is 7.05 Å². The lowest BCUT2D eigenvalue weighted by atomic mass is 9.97. The van der Waals surface area contributed by atoms with Crippen molar-refractivity contribution >= 4 is 10.0 Å². The summed E-state index contributed by atoms with van der Waals surface area (Å²) in [6.45, 7) is 0.745. The van der Waals surface area contributed by atoms with Gasteiger partial charge in [0.1, 0.15) is 22.2 Å². The molecule has 1 saturated carbocycles. The highest BCUT2D eigenvalue weighted by molar-refractivity contribution is 7.89. The molecule has 1 aliphatic carbocycles. The van der Waals surface area contributed by atoms with Gasteiger partial charge in [-0.2, -0.15) is 9.40 Å². The molecule has 1 aliphatic heterocycles. The van der Waals surface area contributed by atoms with Crippen molar-refractivity contribution in [3.05, 3.63) is 34.5 Å². The van der Waals surface area contributed by atoms with E-state index in [2.05, 4.69) is 5.10 Å². The first-order valence-corrected chi connectivity index (χ1v) is 12.2. The molecule has 4 rings (SSSR count). The first-order valence-electron chi connectivity index (χ1n) is 10.7. The van der Waals surface area contributed by atoms with Crippen LogP contribution >= 0.6 is 0 Å². The van der Waals surface area contributed by atoms with E-state index >= 15 is 0 Å². The number of benzene rings is 1. The van der Waals surface area contributed by atoms with Gasteiger partial charge in [-0.05, 0) is 37.8 Å². The zero-order valence-electron chi connectivity index (χ0n) is 18.3. The smallest absolute Gasteiger partial charge is 0.345 e. The molecule has 1 aromatic carbocycles. The van der Waals surface area contributed by atoms with Crippen molar-refractivity contribution in [1.82, 2.24) is 18.7 Å². The van der Waals surface area contributed by atoms with Crippen LogP contribution < -0.4 is 15.2 Å². The summed E-state index contributed by atoms with van der Waals surface area (Å²) in [5, 5.41) is 4.54. The zero-order valence-corrected chi connectivity index (χ0v) is 19.1. The number of hydrogen-bond donors (Lipinski definition) is 0. The second kappa shape index (κ2) is 8.66. The van der Waals surface area contributed by atoms with E-state index in [1.54, 1.807) is 19.2 Å². The fraction of sp³-hybridized carbons (Fsp3) is 0.619. The van der Waals surface area contributed by atoms with Gasteiger partial charge >= 0.3 is 5.69 Å². The highest BCUT2D eigenvalue weighted by Crippen LogP contribution is 2.36. The van der Waals surface area contributed by atoms with Gasteiger partial charge in [0.25, 0.3) is 0 Å². The maximum Gasteiger partial charge on any atom is 0.345 e. The Morgan fingerprint density at radius 2 is 1.71 bits per heavy atom. The van der Waals surface area contributed by atoms with E-state index in [1.165, 1.54) is 29.3 Å².